The van der Waals surface area contributed by atoms with Gasteiger partial charge in [-0.05, 0) is 61.6 Å². The van der Waals surface area contributed by atoms with Crippen LogP contribution in [0.5, 0.6) is 0 Å². The monoisotopic (exact) mass is 510 g/mol. The fourth-order valence-corrected chi connectivity index (χ4v) is 10.6. The molecule has 2 aromatic rings. The van der Waals surface area contributed by atoms with Gasteiger partial charge in [0.25, 0.3) is 0 Å². The van der Waals surface area contributed by atoms with Gasteiger partial charge < -0.3 is 9.84 Å². The molecule has 2 fully saturated rings. The van der Waals surface area contributed by atoms with E-state index in [1.54, 1.807) is 18.9 Å². The summed E-state index contributed by atoms with van der Waals surface area (Å²) in [5.41, 5.74) is 4.42. The number of thioether (sulfide) groups is 1. The Kier molecular flexibility index (Phi) is 6.61. The lowest BCUT2D eigenvalue weighted by Crippen LogP contribution is -2.44. The van der Waals surface area contributed by atoms with Gasteiger partial charge in [-0.25, -0.2) is 0 Å². The molecule has 0 saturated heterocycles. The van der Waals surface area contributed by atoms with Crippen molar-refractivity contribution in [3.05, 3.63) is 81.8 Å². The Hall–Kier alpha value is -1.40. The first-order valence-electron chi connectivity index (χ1n) is 12.7. The highest BCUT2D eigenvalue weighted by Gasteiger charge is 2.64. The minimum Gasteiger partial charge on any atom is -0.392 e. The standard InChI is InChI=1S/C30H38O3S2/c1-20-6-10-22(11-7-20)30(23-12-8-21(2)9-13-23)18-25(17-27(33-5)34-30)35(32)19-29-15-14-24(16-26(29)31)28(29,3)4/h6-13,17,24,26-27,31H,14-16,18-19H2,1-5H3/t24-,26-,27-,29-,35-/m1/s1. The summed E-state index contributed by atoms with van der Waals surface area (Å²) in [5, 5.41) is 11.1. The summed E-state index contributed by atoms with van der Waals surface area (Å²) in [7, 11) is 0.542. The molecule has 5 atom stereocenters. The molecular weight excluding hydrogens is 472 g/mol. The molecule has 1 heterocycles. The lowest BCUT2D eigenvalue weighted by atomic mass is 9.70. The zero-order chi connectivity index (χ0) is 25.0. The largest absolute Gasteiger partial charge is 0.392 e. The van der Waals surface area contributed by atoms with Crippen LogP contribution in [0.3, 0.4) is 0 Å². The number of allylic oxidation sites excluding steroid dienone is 1. The van der Waals surface area contributed by atoms with Crippen molar-refractivity contribution in [2.75, 3.05) is 12.9 Å². The quantitative estimate of drug-likeness (QED) is 0.483. The van der Waals surface area contributed by atoms with Crippen molar-refractivity contribution in [3.8, 4) is 0 Å². The molecule has 2 aromatic carbocycles. The normalized spacial score (nSPS) is 31.8. The maximum atomic E-state index is 14.2. The van der Waals surface area contributed by atoms with Gasteiger partial charge in [0.2, 0.25) is 0 Å². The molecule has 35 heavy (non-hydrogen) atoms. The van der Waals surface area contributed by atoms with Gasteiger partial charge in [-0.2, -0.15) is 0 Å². The van der Waals surface area contributed by atoms with Crippen molar-refractivity contribution in [3.63, 3.8) is 0 Å². The smallest absolute Gasteiger partial charge is 0.123 e. The molecule has 5 heteroatoms. The van der Waals surface area contributed by atoms with E-state index in [1.165, 1.54) is 22.3 Å². The second-order valence-corrected chi connectivity index (χ2v) is 14.3. The van der Waals surface area contributed by atoms with Gasteiger partial charge in [-0.15, -0.1) is 11.8 Å². The maximum absolute atomic E-state index is 14.2. The fraction of sp³-hybridized carbons (Fsp3) is 0.533. The van der Waals surface area contributed by atoms with Gasteiger partial charge in [0.1, 0.15) is 5.44 Å². The third-order valence-electron chi connectivity index (χ3n) is 9.40. The number of rotatable bonds is 6. The van der Waals surface area contributed by atoms with Crippen molar-refractivity contribution in [1.29, 1.82) is 0 Å². The number of aliphatic hydroxyl groups excluding tert-OH is 1. The molecular formula is C30H38O3S2. The van der Waals surface area contributed by atoms with E-state index in [9.17, 15) is 9.32 Å². The van der Waals surface area contributed by atoms with Crippen molar-refractivity contribution in [2.45, 2.75) is 69.7 Å². The van der Waals surface area contributed by atoms with Gasteiger partial charge >= 0.3 is 0 Å². The van der Waals surface area contributed by atoms with E-state index in [0.717, 1.165) is 24.2 Å². The van der Waals surface area contributed by atoms with Crippen LogP contribution in [-0.2, 0) is 20.3 Å². The van der Waals surface area contributed by atoms with Crippen LogP contribution in [0.2, 0.25) is 0 Å². The zero-order valence-corrected chi connectivity index (χ0v) is 23.2. The van der Waals surface area contributed by atoms with E-state index < -0.39 is 10.8 Å². The first-order chi connectivity index (χ1) is 16.6. The highest BCUT2D eigenvalue weighted by atomic mass is 32.2. The second-order valence-electron chi connectivity index (χ2n) is 11.4. The Bertz CT molecular complexity index is 1090. The topological polar surface area (TPSA) is 46.5 Å². The number of methoxy groups -OCH3 is 1. The number of aryl methyl sites for hydroxylation is 2. The number of aliphatic hydroxyl groups is 1. The number of fused-ring (bicyclic) bond motifs is 2. The molecule has 0 radical (unpaired) electrons. The van der Waals surface area contributed by atoms with Gasteiger partial charge in [0, 0.05) is 40.4 Å². The number of hydrogen-bond acceptors (Lipinski definition) is 4. The Morgan fingerprint density at radius 3 is 2.06 bits per heavy atom. The van der Waals surface area contributed by atoms with Crippen LogP contribution in [0.25, 0.3) is 0 Å². The van der Waals surface area contributed by atoms with Crippen LogP contribution >= 0.6 is 11.8 Å². The number of benzene rings is 2. The highest BCUT2D eigenvalue weighted by molar-refractivity contribution is 8.01. The lowest BCUT2D eigenvalue weighted by Gasteiger charge is -2.43. The predicted molar refractivity (Wildman–Crippen MR) is 147 cm³/mol. The van der Waals surface area contributed by atoms with E-state index >= 15 is 0 Å². The molecule has 188 valence electrons. The Labute approximate surface area is 217 Å². The van der Waals surface area contributed by atoms with Gasteiger partial charge in [-0.3, -0.25) is 4.21 Å². The molecule has 1 aliphatic heterocycles. The van der Waals surface area contributed by atoms with E-state index in [0.29, 0.717) is 18.1 Å². The van der Waals surface area contributed by atoms with Crippen LogP contribution in [0, 0.1) is 30.6 Å². The first-order valence-corrected chi connectivity index (χ1v) is 14.9. The van der Waals surface area contributed by atoms with Crippen LogP contribution in [0.4, 0.5) is 0 Å². The molecule has 2 saturated carbocycles. The summed E-state index contributed by atoms with van der Waals surface area (Å²) in [6.45, 7) is 8.78. The molecule has 0 aromatic heterocycles. The Morgan fingerprint density at radius 2 is 1.60 bits per heavy atom. The van der Waals surface area contributed by atoms with Crippen molar-refractivity contribution in [2.24, 2.45) is 16.7 Å². The SMILES string of the molecule is CO[C@H]1C=C([S@](=O)C[C@]23CC[C@H](C[C@H]2O)C3(C)C)CC(c2ccc(C)cc2)(c2ccc(C)cc2)S1. The molecule has 0 amide bonds. The molecule has 3 aliphatic rings. The minimum absolute atomic E-state index is 0.0116. The van der Waals surface area contributed by atoms with Crippen LogP contribution in [0.1, 0.15) is 61.8 Å². The molecule has 2 bridgehead atoms. The van der Waals surface area contributed by atoms with Crippen molar-refractivity contribution in [1.82, 2.24) is 0 Å². The van der Waals surface area contributed by atoms with Crippen molar-refractivity contribution >= 4 is 22.6 Å². The van der Waals surface area contributed by atoms with Gasteiger partial charge in [-0.1, -0.05) is 73.5 Å². The lowest BCUT2D eigenvalue weighted by molar-refractivity contribution is 0.0161. The third kappa shape index (κ3) is 4.07. The second kappa shape index (κ2) is 9.16. The fourth-order valence-electron chi connectivity index (χ4n) is 6.86. The summed E-state index contributed by atoms with van der Waals surface area (Å²) in [6.07, 6.45) is 5.33. The highest BCUT2D eigenvalue weighted by Crippen LogP contribution is 2.66. The van der Waals surface area contributed by atoms with Crippen LogP contribution in [-0.4, -0.2) is 33.7 Å². The summed E-state index contributed by atoms with van der Waals surface area (Å²) < 4.78 is 19.7. The molecule has 0 unspecified atom stereocenters. The predicted octanol–water partition coefficient (Wildman–Crippen LogP) is 6.48. The Morgan fingerprint density at radius 1 is 1.03 bits per heavy atom. The molecule has 2 aliphatic carbocycles. The molecule has 0 spiro atoms. The van der Waals surface area contributed by atoms with E-state index in [2.05, 4.69) is 82.3 Å². The minimum atomic E-state index is -1.19. The third-order valence-corrected chi connectivity index (χ3v) is 12.6. The zero-order valence-electron chi connectivity index (χ0n) is 21.5. The number of hydrogen-bond donors (Lipinski definition) is 1. The van der Waals surface area contributed by atoms with E-state index in [1.807, 2.05) is 0 Å². The first kappa shape index (κ1) is 25.3. The van der Waals surface area contributed by atoms with Crippen LogP contribution < -0.4 is 0 Å². The summed E-state index contributed by atoms with van der Waals surface area (Å²) in [6, 6.07) is 17.5. The van der Waals surface area contributed by atoms with E-state index in [-0.39, 0.29) is 27.1 Å². The van der Waals surface area contributed by atoms with Crippen LogP contribution in [0.15, 0.2) is 59.5 Å². The summed E-state index contributed by atoms with van der Waals surface area (Å²) >= 11 is 1.79. The number of ether oxygens (including phenoxy) is 1. The van der Waals surface area contributed by atoms with E-state index in [4.69, 9.17) is 4.74 Å². The molecule has 1 N–H and O–H groups in total. The average Bonchev–Trinajstić information content (AvgIpc) is 3.19. The molecule has 3 nitrogen and oxygen atoms in total. The summed E-state index contributed by atoms with van der Waals surface area (Å²) in [5.74, 6) is 1.05. The Balaban J connectivity index is 1.55. The average molecular weight is 511 g/mol. The van der Waals surface area contributed by atoms with Crippen molar-refractivity contribution < 1.29 is 14.1 Å². The summed E-state index contributed by atoms with van der Waals surface area (Å²) in [4.78, 5) is 0.949. The molecule has 5 rings (SSSR count). The van der Waals surface area contributed by atoms with Gasteiger partial charge in [0.05, 0.1) is 10.9 Å². The van der Waals surface area contributed by atoms with Gasteiger partial charge in [0.15, 0.2) is 0 Å². The maximum Gasteiger partial charge on any atom is 0.123 e.